The second kappa shape index (κ2) is 4.11. The number of hydrogen-bond acceptors (Lipinski definition) is 3. The largest absolute Gasteiger partial charge is 0.379 e. The molecule has 0 amide bonds. The van der Waals surface area contributed by atoms with Crippen LogP contribution in [0, 0.1) is 0 Å². The van der Waals surface area contributed by atoms with E-state index in [-0.39, 0.29) is 6.54 Å². The first-order valence-corrected chi connectivity index (χ1v) is 3.98. The second-order valence-electron chi connectivity index (χ2n) is 3.19. The lowest BCUT2D eigenvalue weighted by Crippen LogP contribution is -2.50. The molecule has 1 fully saturated rings. The van der Waals surface area contributed by atoms with Crippen LogP contribution in [0.1, 0.15) is 6.42 Å². The van der Waals surface area contributed by atoms with E-state index in [1.165, 1.54) is 0 Å². The van der Waals surface area contributed by atoms with E-state index < -0.39 is 12.0 Å². The highest BCUT2D eigenvalue weighted by Gasteiger charge is 2.29. The van der Waals surface area contributed by atoms with Crippen LogP contribution < -0.4 is 11.1 Å². The van der Waals surface area contributed by atoms with Crippen molar-refractivity contribution in [3.63, 3.8) is 0 Å². The minimum Gasteiger partial charge on any atom is -0.379 e. The molecule has 0 aromatic heterocycles. The van der Waals surface area contributed by atoms with Gasteiger partial charge in [0.1, 0.15) is 0 Å². The fraction of sp³-hybridized carbons (Fsp3) is 1.00. The van der Waals surface area contributed by atoms with Crippen molar-refractivity contribution in [2.75, 3.05) is 26.3 Å². The highest BCUT2D eigenvalue weighted by molar-refractivity contribution is 4.89. The Kier molecular flexibility index (Phi) is 3.37. The van der Waals surface area contributed by atoms with Gasteiger partial charge in [0.2, 0.25) is 0 Å². The molecular formula is C7H14F2N2O. The van der Waals surface area contributed by atoms with Crippen LogP contribution in [-0.2, 0) is 4.74 Å². The Hall–Kier alpha value is -0.260. The van der Waals surface area contributed by atoms with Gasteiger partial charge in [0.25, 0.3) is 6.43 Å². The molecule has 1 atom stereocenters. The van der Waals surface area contributed by atoms with Crippen LogP contribution in [-0.4, -0.2) is 38.3 Å². The summed E-state index contributed by atoms with van der Waals surface area (Å²) in [6.07, 6.45) is -1.57. The quantitative estimate of drug-likeness (QED) is 0.638. The van der Waals surface area contributed by atoms with Crippen LogP contribution in [0.4, 0.5) is 8.78 Å². The average Bonchev–Trinajstić information content (AvgIpc) is 2.35. The third kappa shape index (κ3) is 3.00. The summed E-state index contributed by atoms with van der Waals surface area (Å²) in [5, 5.41) is 2.61. The zero-order valence-corrected chi connectivity index (χ0v) is 6.85. The third-order valence-electron chi connectivity index (χ3n) is 1.91. The summed E-state index contributed by atoms with van der Waals surface area (Å²) < 4.78 is 28.5. The Morgan fingerprint density at radius 3 is 2.83 bits per heavy atom. The number of ether oxygens (including phenoxy) is 1. The summed E-state index contributed by atoms with van der Waals surface area (Å²) in [7, 11) is 0. The summed E-state index contributed by atoms with van der Waals surface area (Å²) in [5.41, 5.74) is 5.38. The van der Waals surface area contributed by atoms with Gasteiger partial charge in [-0.2, -0.15) is 0 Å². The van der Waals surface area contributed by atoms with Crippen molar-refractivity contribution in [3.8, 4) is 0 Å². The van der Waals surface area contributed by atoms with Gasteiger partial charge in [0.15, 0.2) is 0 Å². The monoisotopic (exact) mass is 180 g/mol. The van der Waals surface area contributed by atoms with Crippen LogP contribution in [0.2, 0.25) is 0 Å². The van der Waals surface area contributed by atoms with Crippen molar-refractivity contribution in [3.05, 3.63) is 0 Å². The normalized spacial score (nSPS) is 30.0. The summed E-state index contributed by atoms with van der Waals surface area (Å²) in [4.78, 5) is 0. The lowest BCUT2D eigenvalue weighted by atomic mass is 10.0. The summed E-state index contributed by atoms with van der Waals surface area (Å²) >= 11 is 0. The molecule has 0 bridgehead atoms. The zero-order chi connectivity index (χ0) is 9.03. The first kappa shape index (κ1) is 9.83. The molecule has 0 aromatic carbocycles. The van der Waals surface area contributed by atoms with Gasteiger partial charge in [-0.3, -0.25) is 0 Å². The number of nitrogens with one attached hydrogen (secondary N) is 1. The molecule has 5 heteroatoms. The standard InChI is InChI=1S/C7H14F2N2O/c8-6(9)3-11-4-7(10)1-2-12-5-7/h6,11H,1-5,10H2. The van der Waals surface area contributed by atoms with E-state index in [0.717, 1.165) is 6.42 Å². The molecule has 0 spiro atoms. The van der Waals surface area contributed by atoms with Crippen LogP contribution in [0.5, 0.6) is 0 Å². The predicted octanol–water partition coefficient (Wildman–Crippen LogP) is -0.0411. The van der Waals surface area contributed by atoms with Crippen molar-refractivity contribution in [1.29, 1.82) is 0 Å². The molecule has 0 aromatic rings. The number of halogens is 2. The van der Waals surface area contributed by atoms with Crippen molar-refractivity contribution in [1.82, 2.24) is 5.32 Å². The Bertz CT molecular complexity index is 137. The highest BCUT2D eigenvalue weighted by atomic mass is 19.3. The molecule has 3 nitrogen and oxygen atoms in total. The van der Waals surface area contributed by atoms with Gasteiger partial charge in [0, 0.05) is 13.2 Å². The van der Waals surface area contributed by atoms with Crippen molar-refractivity contribution < 1.29 is 13.5 Å². The van der Waals surface area contributed by atoms with E-state index in [0.29, 0.717) is 19.8 Å². The van der Waals surface area contributed by atoms with Gasteiger partial charge in [-0.05, 0) is 6.42 Å². The van der Waals surface area contributed by atoms with Gasteiger partial charge in [-0.15, -0.1) is 0 Å². The number of hydrogen-bond donors (Lipinski definition) is 2. The van der Waals surface area contributed by atoms with E-state index in [1.807, 2.05) is 0 Å². The molecule has 12 heavy (non-hydrogen) atoms. The van der Waals surface area contributed by atoms with Crippen LogP contribution in [0.15, 0.2) is 0 Å². The maximum Gasteiger partial charge on any atom is 0.250 e. The minimum absolute atomic E-state index is 0.293. The molecule has 1 heterocycles. The fourth-order valence-electron chi connectivity index (χ4n) is 1.19. The molecule has 3 N–H and O–H groups in total. The predicted molar refractivity (Wildman–Crippen MR) is 41.2 cm³/mol. The molecule has 1 unspecified atom stereocenters. The maximum absolute atomic E-state index is 11.7. The second-order valence-corrected chi connectivity index (χ2v) is 3.19. The SMILES string of the molecule is NC1(CNCC(F)F)CCOC1. The molecule has 0 aliphatic carbocycles. The Morgan fingerprint density at radius 2 is 2.33 bits per heavy atom. The maximum atomic E-state index is 11.7. The molecule has 72 valence electrons. The van der Waals surface area contributed by atoms with Crippen LogP contribution >= 0.6 is 0 Å². The molecular weight excluding hydrogens is 166 g/mol. The average molecular weight is 180 g/mol. The van der Waals surface area contributed by atoms with Gasteiger partial charge in [-0.25, -0.2) is 8.78 Å². The Balaban J connectivity index is 2.13. The molecule has 0 saturated carbocycles. The number of nitrogens with two attached hydrogens (primary N) is 1. The van der Waals surface area contributed by atoms with Crippen molar-refractivity contribution in [2.45, 2.75) is 18.4 Å². The first-order chi connectivity index (χ1) is 5.62. The van der Waals surface area contributed by atoms with Gasteiger partial charge in [0.05, 0.1) is 18.7 Å². The fourth-order valence-corrected chi connectivity index (χ4v) is 1.19. The molecule has 0 radical (unpaired) electrons. The smallest absolute Gasteiger partial charge is 0.250 e. The lowest BCUT2D eigenvalue weighted by molar-refractivity contribution is 0.139. The Labute approximate surface area is 70.3 Å². The molecule has 1 saturated heterocycles. The highest BCUT2D eigenvalue weighted by Crippen LogP contribution is 2.13. The summed E-state index contributed by atoms with van der Waals surface area (Å²) in [6.45, 7) is 1.20. The van der Waals surface area contributed by atoms with E-state index in [4.69, 9.17) is 10.5 Å². The van der Waals surface area contributed by atoms with Gasteiger partial charge >= 0.3 is 0 Å². The summed E-state index contributed by atoms with van der Waals surface area (Å²) in [6, 6.07) is 0. The van der Waals surface area contributed by atoms with Crippen LogP contribution in [0.25, 0.3) is 0 Å². The molecule has 1 aliphatic rings. The number of alkyl halides is 2. The van der Waals surface area contributed by atoms with Crippen molar-refractivity contribution in [2.24, 2.45) is 5.73 Å². The van der Waals surface area contributed by atoms with E-state index in [9.17, 15) is 8.78 Å². The lowest BCUT2D eigenvalue weighted by Gasteiger charge is -2.21. The summed E-state index contributed by atoms with van der Waals surface area (Å²) in [5.74, 6) is 0. The van der Waals surface area contributed by atoms with Gasteiger partial charge < -0.3 is 15.8 Å². The number of rotatable bonds is 4. The van der Waals surface area contributed by atoms with Gasteiger partial charge in [-0.1, -0.05) is 0 Å². The minimum atomic E-state index is -2.31. The van der Waals surface area contributed by atoms with E-state index >= 15 is 0 Å². The zero-order valence-electron chi connectivity index (χ0n) is 6.85. The molecule has 1 aliphatic heterocycles. The van der Waals surface area contributed by atoms with Crippen LogP contribution in [0.3, 0.4) is 0 Å². The van der Waals surface area contributed by atoms with E-state index in [1.54, 1.807) is 0 Å². The molecule has 1 rings (SSSR count). The third-order valence-corrected chi connectivity index (χ3v) is 1.91. The topological polar surface area (TPSA) is 47.3 Å². The van der Waals surface area contributed by atoms with E-state index in [2.05, 4.69) is 5.32 Å². The Morgan fingerprint density at radius 1 is 1.58 bits per heavy atom. The first-order valence-electron chi connectivity index (χ1n) is 3.98. The van der Waals surface area contributed by atoms with Crippen molar-refractivity contribution >= 4 is 0 Å².